The summed E-state index contributed by atoms with van der Waals surface area (Å²) < 4.78 is 79.3. The second-order valence-corrected chi connectivity index (χ2v) is 32.2. The van der Waals surface area contributed by atoms with Gasteiger partial charge in [0.1, 0.15) is 29.4 Å². The van der Waals surface area contributed by atoms with Gasteiger partial charge in [-0.1, -0.05) is 76.5 Å². The third kappa shape index (κ3) is 9.98. The van der Waals surface area contributed by atoms with Crippen LogP contribution in [-0.2, 0) is 9.16 Å². The maximum Gasteiger partial charge on any atom is 0.320 e. The first-order chi connectivity index (χ1) is 30.9. The van der Waals surface area contributed by atoms with Crippen LogP contribution < -0.4 is 19.1 Å². The monoisotopic (exact) mass is 951 g/mol. The molecule has 2 aromatic carbocycles. The number of rotatable bonds is 15. The van der Waals surface area contributed by atoms with Gasteiger partial charge >= 0.3 is 12.0 Å². The van der Waals surface area contributed by atoms with Crippen molar-refractivity contribution in [1.82, 2.24) is 24.4 Å². The van der Waals surface area contributed by atoms with Crippen molar-refractivity contribution in [2.45, 2.75) is 166 Å². The second kappa shape index (κ2) is 18.9. The highest BCUT2D eigenvalue weighted by Crippen LogP contribution is 2.47. The lowest BCUT2D eigenvalue weighted by molar-refractivity contribution is 0.0136. The van der Waals surface area contributed by atoms with Gasteiger partial charge in [0.05, 0.1) is 17.7 Å². The average Bonchev–Trinajstić information content (AvgIpc) is 3.67. The lowest BCUT2D eigenvalue weighted by atomic mass is 9.92. The first-order valence-electron chi connectivity index (χ1n) is 23.9. The predicted molar refractivity (Wildman–Crippen MR) is 262 cm³/mol. The third-order valence-electron chi connectivity index (χ3n) is 15.0. The van der Waals surface area contributed by atoms with Crippen molar-refractivity contribution in [1.29, 1.82) is 0 Å². The van der Waals surface area contributed by atoms with E-state index in [0.717, 1.165) is 32.1 Å². The number of imidazole rings is 1. The lowest BCUT2D eigenvalue weighted by Crippen LogP contribution is -2.55. The molecular weight excluding hydrogens is 878 g/mol. The van der Waals surface area contributed by atoms with Crippen LogP contribution in [0.5, 0.6) is 23.5 Å². The van der Waals surface area contributed by atoms with Gasteiger partial charge in [0.25, 0.3) is 5.92 Å². The summed E-state index contributed by atoms with van der Waals surface area (Å²) in [4.78, 5) is 19.0. The van der Waals surface area contributed by atoms with Crippen LogP contribution in [0.15, 0.2) is 24.3 Å². The number of piperidine rings is 1. The number of likely N-dealkylation sites (N-methyl/N-ethyl adjacent to an activating group) is 1. The van der Waals surface area contributed by atoms with E-state index in [1.165, 1.54) is 6.07 Å². The van der Waals surface area contributed by atoms with Crippen LogP contribution in [0, 0.1) is 17.3 Å². The Morgan fingerprint density at radius 1 is 0.955 bits per heavy atom. The van der Waals surface area contributed by atoms with Crippen LogP contribution in [0.1, 0.15) is 119 Å². The lowest BCUT2D eigenvalue weighted by Gasteiger charge is -2.50. The summed E-state index contributed by atoms with van der Waals surface area (Å²) in [5.41, 5.74) is 5.60. The number of likely N-dealkylation sites (tertiary alicyclic amines) is 1. The molecule has 0 radical (unpaired) electrons. The number of benzene rings is 2. The van der Waals surface area contributed by atoms with Crippen molar-refractivity contribution in [3.63, 3.8) is 0 Å². The minimum Gasteiger partial charge on any atom is -0.467 e. The summed E-state index contributed by atoms with van der Waals surface area (Å²) in [5.74, 6) is 1.59. The molecule has 3 aliphatic rings. The number of ether oxygens (including phenoxy) is 4. The Hall–Kier alpha value is -3.89. The number of aromatic nitrogens is 4. The number of hydrogen-bond acceptors (Lipinski definition) is 10. The summed E-state index contributed by atoms with van der Waals surface area (Å²) in [7, 11) is -1.23. The molecule has 0 spiro atoms. The van der Waals surface area contributed by atoms with Gasteiger partial charge in [-0.3, -0.25) is 15.0 Å². The number of methoxy groups -OCH3 is 1. The molecule has 363 valence electrons. The molecular formula is C50H73F3N6O5Si2-. The molecule has 2 atom stereocenters. The van der Waals surface area contributed by atoms with Crippen LogP contribution in [0.25, 0.3) is 21.9 Å². The number of anilines is 1. The van der Waals surface area contributed by atoms with E-state index in [2.05, 4.69) is 103 Å². The van der Waals surface area contributed by atoms with E-state index in [1.807, 2.05) is 6.07 Å². The average molecular weight is 951 g/mol. The molecule has 0 bridgehead atoms. The summed E-state index contributed by atoms with van der Waals surface area (Å²) in [6, 6.07) is 6.59. The summed E-state index contributed by atoms with van der Waals surface area (Å²) >= 11 is 0. The minimum atomic E-state index is -2.80. The van der Waals surface area contributed by atoms with Crippen molar-refractivity contribution in [3.8, 4) is 35.0 Å². The highest BCUT2D eigenvalue weighted by molar-refractivity contribution is 6.90. The topological polar surface area (TPSA) is 96.2 Å². The number of nitrogens with zero attached hydrogens (tertiary/aromatic N) is 6. The smallest absolute Gasteiger partial charge is 0.320 e. The summed E-state index contributed by atoms with van der Waals surface area (Å²) in [5, 5.41) is 1.21. The molecule has 2 aromatic heterocycles. The number of alkyl halides is 2. The van der Waals surface area contributed by atoms with Gasteiger partial charge in [0.15, 0.2) is 26.6 Å². The van der Waals surface area contributed by atoms with Gasteiger partial charge in [-0.25, -0.2) is 13.2 Å². The number of fused-ring (bicyclic) bond motifs is 2. The van der Waals surface area contributed by atoms with Gasteiger partial charge in [0, 0.05) is 50.2 Å². The molecule has 11 nitrogen and oxygen atoms in total. The van der Waals surface area contributed by atoms with Crippen molar-refractivity contribution in [2.75, 3.05) is 52.1 Å². The Labute approximate surface area is 392 Å². The normalized spacial score (nSPS) is 21.0. The van der Waals surface area contributed by atoms with Crippen LogP contribution >= 0.6 is 0 Å². The van der Waals surface area contributed by atoms with E-state index in [4.69, 9.17) is 38.3 Å². The molecule has 7 rings (SSSR count). The maximum absolute atomic E-state index is 16.4. The highest BCUT2D eigenvalue weighted by Gasteiger charge is 2.46. The molecule has 16 heteroatoms. The summed E-state index contributed by atoms with van der Waals surface area (Å²) in [6.45, 7) is 27.9. The van der Waals surface area contributed by atoms with Crippen LogP contribution in [0.3, 0.4) is 0 Å². The number of halogens is 3. The molecule has 3 fully saturated rings. The van der Waals surface area contributed by atoms with E-state index in [-0.39, 0.29) is 55.0 Å². The Kier molecular flexibility index (Phi) is 14.3. The van der Waals surface area contributed by atoms with E-state index >= 15 is 4.39 Å². The van der Waals surface area contributed by atoms with Crippen LogP contribution in [-0.4, -0.2) is 106 Å². The zero-order valence-electron chi connectivity index (χ0n) is 41.8. The molecule has 1 saturated carbocycles. The highest BCUT2D eigenvalue weighted by atomic mass is 28.4. The van der Waals surface area contributed by atoms with Crippen LogP contribution in [0.4, 0.5) is 19.0 Å². The summed E-state index contributed by atoms with van der Waals surface area (Å²) in [6.07, 6.45) is 4.21. The van der Waals surface area contributed by atoms with Gasteiger partial charge in [-0.2, -0.15) is 15.0 Å². The standard InChI is InChI=1S/C50H73F3N6O5Si2/c1-32(2)66(33(3)4,34(5)6)24-21-39-40(51)20-19-35-25-38(62-31-60-12)26-41(42(35)39)63-47-55-44-43(59(47)36-17-15-18-36)45(56-46(54-44)61-28-37-27-50(52,53)30-57(37)11)58-23-16-22-49(10,29-58)64-65(13,14)48(7,8)9/h19-20,25-26,32-34,36-37H,15-18,22-23,27-31H2,1-14H3/q-1/t37-,49+/m0/s1. The second-order valence-electron chi connectivity index (χ2n) is 21.9. The fourth-order valence-electron chi connectivity index (χ4n) is 10.4. The van der Waals surface area contributed by atoms with Crippen molar-refractivity contribution in [3.05, 3.63) is 35.6 Å². The molecule has 0 amide bonds. The fourth-order valence-corrected chi connectivity index (χ4v) is 17.3. The van der Waals surface area contributed by atoms with Gasteiger partial charge in [0.2, 0.25) is 0 Å². The predicted octanol–water partition coefficient (Wildman–Crippen LogP) is 12.3. The number of hydrogen-bond donors (Lipinski definition) is 0. The van der Waals surface area contributed by atoms with Gasteiger partial charge < -0.3 is 28.3 Å². The Morgan fingerprint density at radius 3 is 2.24 bits per heavy atom. The first kappa shape index (κ1) is 50.0. The Balaban J connectivity index is 1.41. The van der Waals surface area contributed by atoms with E-state index in [1.54, 1.807) is 31.2 Å². The van der Waals surface area contributed by atoms with E-state index in [0.29, 0.717) is 69.0 Å². The molecule has 4 aromatic rings. The van der Waals surface area contributed by atoms with Crippen molar-refractivity contribution < 1.29 is 36.5 Å². The van der Waals surface area contributed by atoms with Crippen LogP contribution in [0.2, 0.25) is 34.8 Å². The molecule has 2 saturated heterocycles. The molecule has 2 aliphatic heterocycles. The van der Waals surface area contributed by atoms with Crippen molar-refractivity contribution >= 4 is 44.1 Å². The minimum absolute atomic E-state index is 0.00537. The quantitative estimate of drug-likeness (QED) is 0.0651. The third-order valence-corrected chi connectivity index (χ3v) is 25.9. The Morgan fingerprint density at radius 2 is 1.65 bits per heavy atom. The van der Waals surface area contributed by atoms with Crippen molar-refractivity contribution in [2.24, 2.45) is 0 Å². The maximum atomic E-state index is 16.4. The SMILES string of the molecule is COCOc1cc(Oc2nc3nc(OC[C@@H]4CC(F)(F)CN4C)nc(N4CCC[C@@](C)(O[Si](C)(C)C(C)(C)C)C4)c3n2C2CCC2)c2c(C#C[Si-](C(C)C)(C(C)C)C(C)C)c(F)ccc2c1. The zero-order chi connectivity index (χ0) is 48.1. The molecule has 4 heterocycles. The zero-order valence-corrected chi connectivity index (χ0v) is 43.8. The van der Waals surface area contributed by atoms with Gasteiger partial charge in [-0.05, 0) is 81.7 Å². The van der Waals surface area contributed by atoms with E-state index in [9.17, 15) is 8.78 Å². The first-order valence-corrected chi connectivity index (χ1v) is 29.1. The largest absolute Gasteiger partial charge is 0.467 e. The fraction of sp³-hybridized carbons (Fsp3) is 0.660. The molecule has 1 aliphatic carbocycles. The molecule has 0 unspecified atom stereocenters. The Bertz CT molecular complexity index is 2440. The van der Waals surface area contributed by atoms with Gasteiger partial charge in [-0.15, -0.1) is 22.5 Å². The molecule has 66 heavy (non-hydrogen) atoms. The van der Waals surface area contributed by atoms with E-state index < -0.39 is 39.8 Å². The molecule has 0 N–H and O–H groups in total.